The van der Waals surface area contributed by atoms with Crippen LogP contribution in [-0.2, 0) is 0 Å². The van der Waals surface area contributed by atoms with Gasteiger partial charge in [-0.15, -0.1) is 0 Å². The molecule has 2 bridgehead atoms. The van der Waals surface area contributed by atoms with Crippen molar-refractivity contribution in [3.63, 3.8) is 0 Å². The van der Waals surface area contributed by atoms with Gasteiger partial charge in [-0.25, -0.2) is 0 Å². The second kappa shape index (κ2) is 5.60. The molecule has 0 spiro atoms. The van der Waals surface area contributed by atoms with E-state index in [4.69, 9.17) is 5.73 Å². The molecule has 0 radical (unpaired) electrons. The van der Waals surface area contributed by atoms with Gasteiger partial charge in [0.15, 0.2) is 0 Å². The Morgan fingerprint density at radius 2 is 2.07 bits per heavy atom. The van der Waals surface area contributed by atoms with Crippen LogP contribution in [0.2, 0.25) is 0 Å². The third-order valence-electron chi connectivity index (χ3n) is 7.63. The van der Waals surface area contributed by atoms with Crippen molar-refractivity contribution in [2.75, 3.05) is 12.4 Å². The first-order chi connectivity index (χ1) is 13.3. The van der Waals surface area contributed by atoms with Crippen LogP contribution in [0.25, 0.3) is 10.9 Å². The standard InChI is InChI=1S/C22H27N5/c1-24-9-15(21(23)11-2-3-11)22-19-13-5-4-12(8-13)18(19)20-14-10-25-27-16(14)6-7-17(20)26-22/h6-7,9-13,18-19,22,26H,2-5,8,23H2,1H3,(H,25,27)/t12?,13?,18-,19+,22-/m0/s1. The van der Waals surface area contributed by atoms with E-state index in [0.29, 0.717) is 17.8 Å². The molecule has 1 aromatic heterocycles. The summed E-state index contributed by atoms with van der Waals surface area (Å²) in [5, 5.41) is 12.7. The van der Waals surface area contributed by atoms with Crippen molar-refractivity contribution in [3.05, 3.63) is 35.2 Å². The Morgan fingerprint density at radius 3 is 2.89 bits per heavy atom. The molecule has 0 amide bonds. The van der Waals surface area contributed by atoms with Gasteiger partial charge in [0, 0.05) is 35.6 Å². The largest absolute Gasteiger partial charge is 0.401 e. The van der Waals surface area contributed by atoms with E-state index >= 15 is 0 Å². The van der Waals surface area contributed by atoms with Crippen LogP contribution in [0.3, 0.4) is 0 Å². The number of hydrogen-bond donors (Lipinski definition) is 3. The Labute approximate surface area is 159 Å². The van der Waals surface area contributed by atoms with Crippen molar-refractivity contribution in [2.24, 2.45) is 34.4 Å². The molecule has 5 heteroatoms. The van der Waals surface area contributed by atoms with Crippen molar-refractivity contribution in [2.45, 2.75) is 44.1 Å². The number of allylic oxidation sites excluding steroid dienone is 1. The first-order valence-electron chi connectivity index (χ1n) is 10.4. The van der Waals surface area contributed by atoms with Gasteiger partial charge in [-0.1, -0.05) is 0 Å². The van der Waals surface area contributed by atoms with E-state index in [1.807, 2.05) is 19.5 Å². The lowest BCUT2D eigenvalue weighted by molar-refractivity contribution is 0.265. The quantitative estimate of drug-likeness (QED) is 0.727. The molecule has 2 aromatic rings. The lowest BCUT2D eigenvalue weighted by Gasteiger charge is -2.44. The molecule has 3 aliphatic carbocycles. The summed E-state index contributed by atoms with van der Waals surface area (Å²) in [6, 6.07) is 4.67. The lowest BCUT2D eigenvalue weighted by atomic mass is 9.67. The van der Waals surface area contributed by atoms with Crippen molar-refractivity contribution in [1.29, 1.82) is 0 Å². The van der Waals surface area contributed by atoms with Gasteiger partial charge in [-0.3, -0.25) is 10.1 Å². The van der Waals surface area contributed by atoms with Crippen LogP contribution in [0.1, 0.15) is 43.6 Å². The first-order valence-corrected chi connectivity index (χ1v) is 10.4. The number of H-pyrrole nitrogens is 1. The normalized spacial score (nSPS) is 35.2. The minimum atomic E-state index is 0.284. The Bertz CT molecular complexity index is 966. The van der Waals surface area contributed by atoms with E-state index in [2.05, 4.69) is 32.6 Å². The van der Waals surface area contributed by atoms with E-state index in [9.17, 15) is 0 Å². The monoisotopic (exact) mass is 361 g/mol. The van der Waals surface area contributed by atoms with Gasteiger partial charge in [0.05, 0.1) is 17.8 Å². The molecule has 0 saturated heterocycles. The summed E-state index contributed by atoms with van der Waals surface area (Å²) in [6.45, 7) is 0. The maximum atomic E-state index is 6.65. The van der Waals surface area contributed by atoms with E-state index in [-0.39, 0.29) is 6.04 Å². The average molecular weight is 361 g/mol. The number of aromatic amines is 1. The van der Waals surface area contributed by atoms with Crippen molar-refractivity contribution >= 4 is 22.8 Å². The lowest BCUT2D eigenvalue weighted by Crippen LogP contribution is -2.43. The van der Waals surface area contributed by atoms with Gasteiger partial charge in [0.25, 0.3) is 0 Å². The van der Waals surface area contributed by atoms with E-state index in [1.165, 1.54) is 54.3 Å². The third kappa shape index (κ3) is 2.17. The molecule has 27 heavy (non-hydrogen) atoms. The summed E-state index contributed by atoms with van der Waals surface area (Å²) in [6.07, 6.45) is 10.6. The molecule has 4 aliphatic rings. The molecule has 1 aliphatic heterocycles. The maximum absolute atomic E-state index is 6.65. The number of fused-ring (bicyclic) bond motifs is 9. The topological polar surface area (TPSA) is 79.1 Å². The van der Waals surface area contributed by atoms with Crippen LogP contribution < -0.4 is 11.1 Å². The van der Waals surface area contributed by atoms with Crippen molar-refractivity contribution in [3.8, 4) is 0 Å². The Morgan fingerprint density at radius 1 is 1.22 bits per heavy atom. The van der Waals surface area contributed by atoms with Gasteiger partial charge >= 0.3 is 0 Å². The first kappa shape index (κ1) is 15.7. The molecular formula is C22H27N5. The molecule has 3 fully saturated rings. The number of nitrogens with two attached hydrogens (primary N) is 1. The van der Waals surface area contributed by atoms with Crippen LogP contribution >= 0.6 is 0 Å². The molecule has 5 nitrogen and oxygen atoms in total. The fraction of sp³-hybridized carbons (Fsp3) is 0.545. The second-order valence-electron chi connectivity index (χ2n) is 8.99. The molecule has 4 N–H and O–H groups in total. The number of benzene rings is 1. The number of aliphatic imine (C=N–C) groups is 1. The number of rotatable bonds is 3. The maximum Gasteiger partial charge on any atom is 0.0654 e. The highest BCUT2D eigenvalue weighted by atomic mass is 15.1. The zero-order valence-electron chi connectivity index (χ0n) is 15.8. The van der Waals surface area contributed by atoms with Crippen LogP contribution in [0.15, 0.2) is 34.6 Å². The molecule has 5 atom stereocenters. The highest BCUT2D eigenvalue weighted by molar-refractivity contribution is 5.90. The molecule has 1 aromatic carbocycles. The SMILES string of the molecule is CN=CC(=C(N)C1CC1)[C@@H]1Nc2ccc3[nH]ncc3c2[C@H]2C3CCC(C3)[C@@H]12. The van der Waals surface area contributed by atoms with E-state index in [0.717, 1.165) is 23.0 Å². The number of nitrogens with one attached hydrogen (secondary N) is 2. The molecule has 2 heterocycles. The fourth-order valence-electron chi connectivity index (χ4n) is 6.42. The van der Waals surface area contributed by atoms with Crippen LogP contribution in [-0.4, -0.2) is 29.5 Å². The van der Waals surface area contributed by atoms with Gasteiger partial charge in [-0.2, -0.15) is 5.10 Å². The Kier molecular flexibility index (Phi) is 3.26. The summed E-state index contributed by atoms with van der Waals surface area (Å²) in [5.41, 5.74) is 12.9. The van der Waals surface area contributed by atoms with Crippen molar-refractivity contribution in [1.82, 2.24) is 10.2 Å². The molecule has 6 rings (SSSR count). The van der Waals surface area contributed by atoms with Gasteiger partial charge < -0.3 is 11.1 Å². The molecule has 140 valence electrons. The zero-order chi connectivity index (χ0) is 18.1. The number of hydrogen-bond acceptors (Lipinski definition) is 4. The number of anilines is 1. The smallest absolute Gasteiger partial charge is 0.0654 e. The molecule has 2 unspecified atom stereocenters. The average Bonchev–Trinajstić information content (AvgIpc) is 3.11. The van der Waals surface area contributed by atoms with Crippen molar-refractivity contribution < 1.29 is 0 Å². The summed E-state index contributed by atoms with van der Waals surface area (Å²) in [5.74, 6) is 3.38. The highest BCUT2D eigenvalue weighted by Gasteiger charge is 2.55. The van der Waals surface area contributed by atoms with Gasteiger partial charge in [0.1, 0.15) is 0 Å². The molecule has 3 saturated carbocycles. The van der Waals surface area contributed by atoms with E-state index < -0.39 is 0 Å². The number of nitrogens with zero attached hydrogens (tertiary/aromatic N) is 2. The summed E-state index contributed by atoms with van der Waals surface area (Å²) in [4.78, 5) is 4.40. The van der Waals surface area contributed by atoms with Crippen LogP contribution in [0.4, 0.5) is 5.69 Å². The Balaban J connectivity index is 1.54. The molecular weight excluding hydrogens is 334 g/mol. The fourth-order valence-corrected chi connectivity index (χ4v) is 6.42. The van der Waals surface area contributed by atoms with Gasteiger partial charge in [0.2, 0.25) is 0 Å². The highest BCUT2D eigenvalue weighted by Crippen LogP contribution is 2.62. The summed E-state index contributed by atoms with van der Waals surface area (Å²) < 4.78 is 0. The predicted molar refractivity (Wildman–Crippen MR) is 109 cm³/mol. The Hall–Kier alpha value is -2.30. The van der Waals surface area contributed by atoms with E-state index in [1.54, 1.807) is 0 Å². The number of aromatic nitrogens is 2. The van der Waals surface area contributed by atoms with Crippen LogP contribution in [0, 0.1) is 23.7 Å². The minimum Gasteiger partial charge on any atom is -0.401 e. The third-order valence-corrected chi connectivity index (χ3v) is 7.63. The summed E-state index contributed by atoms with van der Waals surface area (Å²) >= 11 is 0. The van der Waals surface area contributed by atoms with Gasteiger partial charge in [-0.05, 0) is 79.4 Å². The predicted octanol–water partition coefficient (Wildman–Crippen LogP) is 3.81. The minimum absolute atomic E-state index is 0.284. The zero-order valence-corrected chi connectivity index (χ0v) is 15.8. The second-order valence-corrected chi connectivity index (χ2v) is 8.99. The summed E-state index contributed by atoms with van der Waals surface area (Å²) in [7, 11) is 1.87. The van der Waals surface area contributed by atoms with Crippen LogP contribution in [0.5, 0.6) is 0 Å².